The Bertz CT molecular complexity index is 1080. The Hall–Kier alpha value is -2.81. The Morgan fingerprint density at radius 2 is 1.87 bits per heavy atom. The van der Waals surface area contributed by atoms with Gasteiger partial charge in [0.25, 0.3) is 5.91 Å². The minimum Gasteiger partial charge on any atom is -0.362 e. The van der Waals surface area contributed by atoms with Gasteiger partial charge in [-0.3, -0.25) is 4.79 Å². The summed E-state index contributed by atoms with van der Waals surface area (Å²) < 4.78 is 42.7. The predicted molar refractivity (Wildman–Crippen MR) is 116 cm³/mol. The van der Waals surface area contributed by atoms with E-state index in [-0.39, 0.29) is 22.4 Å². The number of rotatable bonds is 4. The standard InChI is InChI=1S/C22H20BrF3N4O/c1-2-13-8-10-15(11-9-13)27-21(31)19-18(23)20-28-16(14-6-4-3-5-7-14)12-17(22(24,25)26)30(20)29-19/h3-11,16-17,28H,2,12H2,1H3,(H,27,31). The topological polar surface area (TPSA) is 59.0 Å². The number of carbonyl (C=O) groups is 1. The molecule has 2 aromatic carbocycles. The largest absolute Gasteiger partial charge is 0.410 e. The lowest BCUT2D eigenvalue weighted by Gasteiger charge is -2.33. The van der Waals surface area contributed by atoms with E-state index >= 15 is 0 Å². The number of benzene rings is 2. The molecule has 1 aromatic heterocycles. The zero-order valence-electron chi connectivity index (χ0n) is 16.6. The fourth-order valence-corrected chi connectivity index (χ4v) is 4.21. The summed E-state index contributed by atoms with van der Waals surface area (Å²) in [5, 5.41) is 9.84. The summed E-state index contributed by atoms with van der Waals surface area (Å²) in [6.45, 7) is 2.02. The molecule has 0 bridgehead atoms. The van der Waals surface area contributed by atoms with Crippen molar-refractivity contribution in [2.24, 2.45) is 0 Å². The maximum absolute atomic E-state index is 13.9. The van der Waals surface area contributed by atoms with Crippen LogP contribution in [-0.4, -0.2) is 21.9 Å². The number of amides is 1. The molecule has 2 heterocycles. The molecule has 3 aromatic rings. The normalized spacial score (nSPS) is 18.2. The molecule has 1 aliphatic rings. The van der Waals surface area contributed by atoms with Gasteiger partial charge in [-0.15, -0.1) is 0 Å². The molecule has 162 valence electrons. The number of hydrogen-bond donors (Lipinski definition) is 2. The average Bonchev–Trinajstić information content (AvgIpc) is 3.10. The summed E-state index contributed by atoms with van der Waals surface area (Å²) in [7, 11) is 0. The molecule has 9 heteroatoms. The van der Waals surface area contributed by atoms with Crippen molar-refractivity contribution < 1.29 is 18.0 Å². The molecule has 1 aliphatic heterocycles. The van der Waals surface area contributed by atoms with E-state index in [9.17, 15) is 18.0 Å². The van der Waals surface area contributed by atoms with Crippen molar-refractivity contribution in [1.29, 1.82) is 0 Å². The number of carbonyl (C=O) groups excluding carboxylic acids is 1. The van der Waals surface area contributed by atoms with Crippen LogP contribution in [0.3, 0.4) is 0 Å². The fraction of sp³-hybridized carbons (Fsp3) is 0.273. The zero-order valence-corrected chi connectivity index (χ0v) is 18.2. The Balaban J connectivity index is 1.67. The van der Waals surface area contributed by atoms with Crippen molar-refractivity contribution >= 4 is 33.3 Å². The number of aryl methyl sites for hydroxylation is 1. The number of hydrogen-bond acceptors (Lipinski definition) is 3. The highest BCUT2D eigenvalue weighted by atomic mass is 79.9. The van der Waals surface area contributed by atoms with E-state index in [0.717, 1.165) is 22.2 Å². The first kappa shape index (κ1) is 21.4. The minimum absolute atomic E-state index is 0.106. The number of aromatic nitrogens is 2. The van der Waals surface area contributed by atoms with Crippen LogP contribution < -0.4 is 10.6 Å². The van der Waals surface area contributed by atoms with E-state index in [4.69, 9.17) is 0 Å². The van der Waals surface area contributed by atoms with E-state index in [1.807, 2.05) is 25.1 Å². The van der Waals surface area contributed by atoms with Crippen LogP contribution in [0.2, 0.25) is 0 Å². The first-order valence-electron chi connectivity index (χ1n) is 9.84. The quantitative estimate of drug-likeness (QED) is 0.461. The van der Waals surface area contributed by atoms with Crippen molar-refractivity contribution in [3.05, 3.63) is 75.9 Å². The molecule has 2 unspecified atom stereocenters. The summed E-state index contributed by atoms with van der Waals surface area (Å²) >= 11 is 3.29. The molecular weight excluding hydrogens is 473 g/mol. The van der Waals surface area contributed by atoms with E-state index in [1.165, 1.54) is 0 Å². The molecular formula is C22H20BrF3N4O. The van der Waals surface area contributed by atoms with E-state index in [0.29, 0.717) is 5.69 Å². The number of fused-ring (bicyclic) bond motifs is 1. The maximum atomic E-state index is 13.9. The Kier molecular flexibility index (Phi) is 5.79. The van der Waals surface area contributed by atoms with Gasteiger partial charge >= 0.3 is 6.18 Å². The van der Waals surface area contributed by atoms with Crippen LogP contribution in [0, 0.1) is 0 Å². The second-order valence-corrected chi connectivity index (χ2v) is 8.15. The molecule has 2 atom stereocenters. The number of nitrogens with one attached hydrogen (secondary N) is 2. The lowest BCUT2D eigenvalue weighted by Crippen LogP contribution is -2.35. The molecule has 5 nitrogen and oxygen atoms in total. The number of halogens is 4. The van der Waals surface area contributed by atoms with Crippen LogP contribution in [-0.2, 0) is 6.42 Å². The van der Waals surface area contributed by atoms with Gasteiger partial charge < -0.3 is 10.6 Å². The highest BCUT2D eigenvalue weighted by Crippen LogP contribution is 2.46. The summed E-state index contributed by atoms with van der Waals surface area (Å²) in [6, 6.07) is 13.8. The van der Waals surface area contributed by atoms with Crippen LogP contribution in [0.1, 0.15) is 47.0 Å². The van der Waals surface area contributed by atoms with Crippen LogP contribution in [0.4, 0.5) is 24.7 Å². The highest BCUT2D eigenvalue weighted by Gasteiger charge is 2.47. The van der Waals surface area contributed by atoms with Crippen molar-refractivity contribution in [1.82, 2.24) is 9.78 Å². The first-order chi connectivity index (χ1) is 14.8. The van der Waals surface area contributed by atoms with Gasteiger partial charge in [0.2, 0.25) is 0 Å². The molecule has 0 fully saturated rings. The average molecular weight is 493 g/mol. The van der Waals surface area contributed by atoms with Gasteiger partial charge in [0.1, 0.15) is 5.82 Å². The maximum Gasteiger partial charge on any atom is 0.410 e. The van der Waals surface area contributed by atoms with Gasteiger partial charge in [-0.2, -0.15) is 18.3 Å². The van der Waals surface area contributed by atoms with Crippen LogP contribution in [0.25, 0.3) is 0 Å². The summed E-state index contributed by atoms with van der Waals surface area (Å²) in [4.78, 5) is 12.8. The molecule has 0 spiro atoms. The van der Waals surface area contributed by atoms with Gasteiger partial charge in [0, 0.05) is 12.1 Å². The Morgan fingerprint density at radius 3 is 2.48 bits per heavy atom. The molecule has 0 saturated carbocycles. The number of alkyl halides is 3. The van der Waals surface area contributed by atoms with E-state index in [1.54, 1.807) is 36.4 Å². The van der Waals surface area contributed by atoms with E-state index < -0.39 is 24.2 Å². The highest BCUT2D eigenvalue weighted by molar-refractivity contribution is 9.10. The minimum atomic E-state index is -4.51. The molecule has 0 radical (unpaired) electrons. The summed E-state index contributed by atoms with van der Waals surface area (Å²) in [5.74, 6) is -0.453. The Labute approximate surface area is 185 Å². The molecule has 1 amide bonds. The van der Waals surface area contributed by atoms with E-state index in [2.05, 4.69) is 31.7 Å². The predicted octanol–water partition coefficient (Wildman–Crippen LogP) is 6.12. The first-order valence-corrected chi connectivity index (χ1v) is 10.6. The second kappa shape index (κ2) is 8.37. The molecule has 4 rings (SSSR count). The third kappa shape index (κ3) is 4.32. The molecule has 0 aliphatic carbocycles. The van der Waals surface area contributed by atoms with Gasteiger partial charge in [-0.25, -0.2) is 4.68 Å². The third-order valence-corrected chi connectivity index (χ3v) is 6.08. The van der Waals surface area contributed by atoms with Gasteiger partial charge in [-0.05, 0) is 45.6 Å². The Morgan fingerprint density at radius 1 is 1.19 bits per heavy atom. The summed E-state index contributed by atoms with van der Waals surface area (Å²) in [5.41, 5.74) is 2.28. The fourth-order valence-electron chi connectivity index (χ4n) is 3.65. The van der Waals surface area contributed by atoms with Crippen LogP contribution >= 0.6 is 15.9 Å². The van der Waals surface area contributed by atoms with Crippen molar-refractivity contribution in [3.8, 4) is 0 Å². The van der Waals surface area contributed by atoms with Crippen molar-refractivity contribution in [2.75, 3.05) is 10.6 Å². The van der Waals surface area contributed by atoms with Gasteiger partial charge in [0.15, 0.2) is 11.7 Å². The SMILES string of the molecule is CCc1ccc(NC(=O)c2nn3c(c2Br)NC(c2ccccc2)CC3C(F)(F)F)cc1. The lowest BCUT2D eigenvalue weighted by molar-refractivity contribution is -0.173. The van der Waals surface area contributed by atoms with Crippen molar-refractivity contribution in [2.45, 2.75) is 38.0 Å². The smallest absolute Gasteiger partial charge is 0.362 e. The lowest BCUT2D eigenvalue weighted by atomic mass is 9.97. The zero-order chi connectivity index (χ0) is 22.2. The third-order valence-electron chi connectivity index (χ3n) is 5.33. The van der Waals surface area contributed by atoms with Crippen LogP contribution in [0.5, 0.6) is 0 Å². The summed E-state index contributed by atoms with van der Waals surface area (Å²) in [6.07, 6.45) is -3.88. The molecule has 31 heavy (non-hydrogen) atoms. The van der Waals surface area contributed by atoms with Gasteiger partial charge in [0.05, 0.1) is 10.5 Å². The monoisotopic (exact) mass is 492 g/mol. The molecule has 0 saturated heterocycles. The number of anilines is 2. The number of nitrogens with zero attached hydrogens (tertiary/aromatic N) is 2. The second-order valence-electron chi connectivity index (χ2n) is 7.36. The van der Waals surface area contributed by atoms with Crippen LogP contribution in [0.15, 0.2) is 59.1 Å². The van der Waals surface area contributed by atoms with Gasteiger partial charge in [-0.1, -0.05) is 49.4 Å². The van der Waals surface area contributed by atoms with Crippen molar-refractivity contribution in [3.63, 3.8) is 0 Å². The molecule has 2 N–H and O–H groups in total.